The topological polar surface area (TPSA) is 92.2 Å². The molecule has 0 saturated heterocycles. The van der Waals surface area contributed by atoms with Gasteiger partial charge in [0.15, 0.2) is 10.6 Å². The van der Waals surface area contributed by atoms with Crippen LogP contribution in [0.4, 0.5) is 0 Å². The molecule has 1 aromatic carbocycles. The molecule has 0 spiro atoms. The molecule has 2 heterocycles. The number of carbonyl (C=O) groups is 1. The number of nitrogens with one attached hydrogen (secondary N) is 2. The van der Waals surface area contributed by atoms with Gasteiger partial charge in [0.05, 0.1) is 17.1 Å². The molecule has 0 aliphatic rings. The van der Waals surface area contributed by atoms with E-state index < -0.39 is 6.10 Å². The zero-order valence-electron chi connectivity index (χ0n) is 16.3. The number of thiophene rings is 1. The van der Waals surface area contributed by atoms with Crippen molar-refractivity contribution in [3.8, 4) is 16.5 Å². The second-order valence-electron chi connectivity index (χ2n) is 6.79. The Hall–Kier alpha value is -2.49. The highest BCUT2D eigenvalue weighted by molar-refractivity contribution is 7.71. The first-order valence-electron chi connectivity index (χ1n) is 9.34. The normalized spacial score (nSPS) is 12.1. The molecule has 0 aliphatic carbocycles. The van der Waals surface area contributed by atoms with E-state index in [1.807, 2.05) is 54.1 Å². The SMILES string of the molecule is CC(C)Oc1cccc(C(O)CNC(=O)CCn2c(-c3cccs3)n[nH]c2=S)c1. The minimum Gasteiger partial charge on any atom is -0.491 e. The van der Waals surface area contributed by atoms with E-state index in [4.69, 9.17) is 17.0 Å². The highest BCUT2D eigenvalue weighted by Gasteiger charge is 2.13. The molecule has 29 heavy (non-hydrogen) atoms. The molecule has 2 aromatic heterocycles. The highest BCUT2D eigenvalue weighted by atomic mass is 32.1. The first kappa shape index (κ1) is 21.2. The van der Waals surface area contributed by atoms with Gasteiger partial charge in [-0.1, -0.05) is 18.2 Å². The number of ether oxygens (including phenoxy) is 1. The van der Waals surface area contributed by atoms with Gasteiger partial charge >= 0.3 is 0 Å². The Morgan fingerprint density at radius 1 is 1.38 bits per heavy atom. The molecule has 3 rings (SSSR count). The average Bonchev–Trinajstić information content (AvgIpc) is 3.33. The summed E-state index contributed by atoms with van der Waals surface area (Å²) in [7, 11) is 0. The molecule has 9 heteroatoms. The van der Waals surface area contributed by atoms with Gasteiger partial charge in [-0.25, -0.2) is 0 Å². The summed E-state index contributed by atoms with van der Waals surface area (Å²) < 4.78 is 7.93. The lowest BCUT2D eigenvalue weighted by molar-refractivity contribution is -0.121. The summed E-state index contributed by atoms with van der Waals surface area (Å²) in [5, 5.41) is 22.2. The fourth-order valence-corrected chi connectivity index (χ4v) is 3.76. The molecule has 7 nitrogen and oxygen atoms in total. The number of rotatable bonds is 9. The zero-order chi connectivity index (χ0) is 20.8. The summed E-state index contributed by atoms with van der Waals surface area (Å²) in [6.07, 6.45) is -0.529. The fraction of sp³-hybridized carbons (Fsp3) is 0.350. The summed E-state index contributed by atoms with van der Waals surface area (Å²) in [5.74, 6) is 1.25. The van der Waals surface area contributed by atoms with E-state index >= 15 is 0 Å². The largest absolute Gasteiger partial charge is 0.491 e. The van der Waals surface area contributed by atoms with Crippen molar-refractivity contribution < 1.29 is 14.6 Å². The summed E-state index contributed by atoms with van der Waals surface area (Å²) in [4.78, 5) is 13.3. The minimum atomic E-state index is -0.813. The van der Waals surface area contributed by atoms with Crippen molar-refractivity contribution in [2.45, 2.75) is 39.0 Å². The highest BCUT2D eigenvalue weighted by Crippen LogP contribution is 2.23. The summed E-state index contributed by atoms with van der Waals surface area (Å²) in [5.41, 5.74) is 0.695. The minimum absolute atomic E-state index is 0.0517. The van der Waals surface area contributed by atoms with Gasteiger partial charge < -0.3 is 15.2 Å². The number of aromatic amines is 1. The number of H-pyrrole nitrogens is 1. The number of benzene rings is 1. The van der Waals surface area contributed by atoms with Crippen LogP contribution in [0, 0.1) is 4.77 Å². The van der Waals surface area contributed by atoms with Crippen LogP contribution in [0.1, 0.15) is 31.9 Å². The van der Waals surface area contributed by atoms with Crippen LogP contribution >= 0.6 is 23.6 Å². The Morgan fingerprint density at radius 2 is 2.21 bits per heavy atom. The van der Waals surface area contributed by atoms with Crippen molar-refractivity contribution in [2.24, 2.45) is 0 Å². The van der Waals surface area contributed by atoms with E-state index in [1.54, 1.807) is 17.4 Å². The van der Waals surface area contributed by atoms with Crippen LogP contribution in [0.15, 0.2) is 41.8 Å². The smallest absolute Gasteiger partial charge is 0.221 e. The Labute approximate surface area is 178 Å². The Balaban J connectivity index is 1.53. The van der Waals surface area contributed by atoms with E-state index in [-0.39, 0.29) is 25.0 Å². The standard InChI is InChI=1S/C20H24N4O3S2/c1-13(2)27-15-6-3-5-14(11-15)16(25)12-21-18(26)8-9-24-19(22-23-20(24)28)17-7-4-10-29-17/h3-7,10-11,13,16,25H,8-9,12H2,1-2H3,(H,21,26)(H,23,28). The van der Waals surface area contributed by atoms with Crippen molar-refractivity contribution in [2.75, 3.05) is 6.54 Å². The van der Waals surface area contributed by atoms with Crippen molar-refractivity contribution in [1.29, 1.82) is 0 Å². The van der Waals surface area contributed by atoms with E-state index in [2.05, 4.69) is 15.5 Å². The van der Waals surface area contributed by atoms with Gasteiger partial charge in [-0.15, -0.1) is 11.3 Å². The third-order valence-electron chi connectivity index (χ3n) is 4.17. The molecule has 3 N–H and O–H groups in total. The van der Waals surface area contributed by atoms with E-state index in [0.717, 1.165) is 10.7 Å². The van der Waals surface area contributed by atoms with Gasteiger partial charge in [0.25, 0.3) is 0 Å². The molecular weight excluding hydrogens is 408 g/mol. The monoisotopic (exact) mass is 432 g/mol. The van der Waals surface area contributed by atoms with Crippen LogP contribution in [0.2, 0.25) is 0 Å². The molecule has 0 saturated carbocycles. The molecule has 0 radical (unpaired) electrons. The van der Waals surface area contributed by atoms with Crippen LogP contribution in [-0.2, 0) is 11.3 Å². The number of carbonyl (C=O) groups excluding carboxylic acids is 1. The predicted molar refractivity (Wildman–Crippen MR) is 116 cm³/mol. The van der Waals surface area contributed by atoms with Crippen LogP contribution < -0.4 is 10.1 Å². The molecule has 154 valence electrons. The Kier molecular flexibility index (Phi) is 7.18. The number of aliphatic hydroxyl groups is 1. The first-order valence-corrected chi connectivity index (χ1v) is 10.6. The molecular formula is C20H24N4O3S2. The molecule has 1 amide bonds. The van der Waals surface area contributed by atoms with Gasteiger partial charge in [-0.2, -0.15) is 5.10 Å². The van der Waals surface area contributed by atoms with Crippen LogP contribution in [0.3, 0.4) is 0 Å². The van der Waals surface area contributed by atoms with E-state index in [0.29, 0.717) is 22.6 Å². The van der Waals surface area contributed by atoms with Gasteiger partial charge in [0.2, 0.25) is 5.91 Å². The predicted octanol–water partition coefficient (Wildman–Crippen LogP) is 3.70. The van der Waals surface area contributed by atoms with Gasteiger partial charge in [0, 0.05) is 19.5 Å². The van der Waals surface area contributed by atoms with Crippen molar-refractivity contribution >= 4 is 29.5 Å². The third-order valence-corrected chi connectivity index (χ3v) is 5.35. The van der Waals surface area contributed by atoms with Crippen molar-refractivity contribution in [3.05, 3.63) is 52.1 Å². The third kappa shape index (κ3) is 5.75. The number of hydrogen-bond donors (Lipinski definition) is 3. The maximum atomic E-state index is 12.3. The second kappa shape index (κ2) is 9.82. The number of aromatic nitrogens is 3. The molecule has 0 bridgehead atoms. The molecule has 0 fully saturated rings. The van der Waals surface area contributed by atoms with Crippen molar-refractivity contribution in [3.63, 3.8) is 0 Å². The summed E-state index contributed by atoms with van der Waals surface area (Å²) in [6, 6.07) is 11.2. The number of amides is 1. The maximum absolute atomic E-state index is 12.3. The molecule has 1 unspecified atom stereocenters. The lowest BCUT2D eigenvalue weighted by Gasteiger charge is -2.15. The van der Waals surface area contributed by atoms with E-state index in [1.165, 1.54) is 0 Å². The number of nitrogens with zero attached hydrogens (tertiary/aromatic N) is 2. The second-order valence-corrected chi connectivity index (χ2v) is 8.12. The van der Waals surface area contributed by atoms with Gasteiger partial charge in [0.1, 0.15) is 5.75 Å². The first-order chi connectivity index (χ1) is 13.9. The number of hydrogen-bond acceptors (Lipinski definition) is 6. The maximum Gasteiger partial charge on any atom is 0.221 e. The lowest BCUT2D eigenvalue weighted by atomic mass is 10.1. The van der Waals surface area contributed by atoms with Crippen LogP contribution in [0.25, 0.3) is 10.7 Å². The van der Waals surface area contributed by atoms with Crippen LogP contribution in [-0.4, -0.2) is 38.4 Å². The van der Waals surface area contributed by atoms with Gasteiger partial charge in [-0.05, 0) is 55.2 Å². The average molecular weight is 433 g/mol. The summed E-state index contributed by atoms with van der Waals surface area (Å²) in [6.45, 7) is 4.42. The lowest BCUT2D eigenvalue weighted by Crippen LogP contribution is -2.29. The molecule has 1 atom stereocenters. The zero-order valence-corrected chi connectivity index (χ0v) is 17.9. The molecule has 0 aliphatic heterocycles. The Morgan fingerprint density at radius 3 is 2.93 bits per heavy atom. The summed E-state index contributed by atoms with van der Waals surface area (Å²) >= 11 is 6.84. The number of aliphatic hydroxyl groups excluding tert-OH is 1. The quantitative estimate of drug-likeness (QED) is 0.449. The van der Waals surface area contributed by atoms with Gasteiger partial charge in [-0.3, -0.25) is 14.5 Å². The fourth-order valence-electron chi connectivity index (χ4n) is 2.82. The Bertz CT molecular complexity index is 995. The van der Waals surface area contributed by atoms with Crippen molar-refractivity contribution in [1.82, 2.24) is 20.1 Å². The van der Waals surface area contributed by atoms with E-state index in [9.17, 15) is 9.90 Å². The molecule has 3 aromatic rings. The van der Waals surface area contributed by atoms with Crippen LogP contribution in [0.5, 0.6) is 5.75 Å².